The van der Waals surface area contributed by atoms with Crippen LogP contribution < -0.4 is 5.32 Å². The number of hydrogen-bond donors (Lipinski definition) is 1. The lowest BCUT2D eigenvalue weighted by Crippen LogP contribution is -2.40. The third kappa shape index (κ3) is 4.80. The van der Waals surface area contributed by atoms with E-state index in [9.17, 15) is 13.6 Å². The number of pyridine rings is 1. The summed E-state index contributed by atoms with van der Waals surface area (Å²) in [6, 6.07) is 11.6. The Balaban J connectivity index is 1.61. The fourth-order valence-corrected chi connectivity index (χ4v) is 3.87. The van der Waals surface area contributed by atoms with E-state index in [-0.39, 0.29) is 12.8 Å². The summed E-state index contributed by atoms with van der Waals surface area (Å²) in [6.07, 6.45) is 3.74. The van der Waals surface area contributed by atoms with Gasteiger partial charge in [0.05, 0.1) is 24.1 Å². The van der Waals surface area contributed by atoms with Gasteiger partial charge in [0.2, 0.25) is 0 Å². The van der Waals surface area contributed by atoms with Crippen molar-refractivity contribution in [3.05, 3.63) is 59.9 Å². The highest BCUT2D eigenvalue weighted by atomic mass is 19.3. The highest BCUT2D eigenvalue weighted by Crippen LogP contribution is 2.31. The molecule has 0 unspecified atom stereocenters. The highest BCUT2D eigenvalue weighted by molar-refractivity contribution is 5.85. The predicted octanol–water partition coefficient (Wildman–Crippen LogP) is 4.54. The molecule has 2 aromatic heterocycles. The topological polar surface area (TPSA) is 63.1 Å². The molecule has 31 heavy (non-hydrogen) atoms. The number of carbonyl (C=O) groups excluding carboxylic acids is 1. The molecular weight excluding hydrogens is 400 g/mol. The van der Waals surface area contributed by atoms with Crippen LogP contribution in [0.2, 0.25) is 0 Å². The van der Waals surface area contributed by atoms with Gasteiger partial charge in [0.1, 0.15) is 0 Å². The van der Waals surface area contributed by atoms with Gasteiger partial charge in [-0.1, -0.05) is 30.3 Å². The molecule has 1 fully saturated rings. The molecule has 3 heterocycles. The van der Waals surface area contributed by atoms with Gasteiger partial charge >= 0.3 is 0 Å². The van der Waals surface area contributed by atoms with E-state index in [2.05, 4.69) is 15.2 Å². The second-order valence-corrected chi connectivity index (χ2v) is 7.81. The first-order valence-corrected chi connectivity index (χ1v) is 10.4. The number of rotatable bonds is 7. The second-order valence-electron chi connectivity index (χ2n) is 7.81. The van der Waals surface area contributed by atoms with Gasteiger partial charge in [-0.3, -0.25) is 14.5 Å². The van der Waals surface area contributed by atoms with Crippen LogP contribution in [-0.4, -0.2) is 51.5 Å². The number of alkyl halides is 2. The van der Waals surface area contributed by atoms with Gasteiger partial charge in [-0.05, 0) is 13.0 Å². The van der Waals surface area contributed by atoms with Gasteiger partial charge in [0.25, 0.3) is 5.92 Å². The number of likely N-dealkylation sites (tertiary alicyclic amines) is 1. The Labute approximate surface area is 179 Å². The average molecular weight is 425 g/mol. The van der Waals surface area contributed by atoms with E-state index in [0.29, 0.717) is 43.2 Å². The molecule has 1 aromatic carbocycles. The van der Waals surface area contributed by atoms with Crippen molar-refractivity contribution < 1.29 is 13.6 Å². The molecule has 6 nitrogen and oxygen atoms in total. The Bertz CT molecular complexity index is 1040. The minimum absolute atomic E-state index is 0.0983. The lowest BCUT2D eigenvalue weighted by molar-refractivity contribution is -0.0555. The Morgan fingerprint density at radius 3 is 2.58 bits per heavy atom. The highest BCUT2D eigenvalue weighted by Gasteiger charge is 2.33. The monoisotopic (exact) mass is 425 g/mol. The Kier molecular flexibility index (Phi) is 6.08. The third-order valence-electron chi connectivity index (χ3n) is 5.69. The van der Waals surface area contributed by atoms with Crippen LogP contribution in [-0.2, 0) is 6.54 Å². The summed E-state index contributed by atoms with van der Waals surface area (Å²) < 4.78 is 28.9. The molecular formula is C23H25F2N5O. The molecule has 0 saturated carbocycles. The van der Waals surface area contributed by atoms with E-state index in [1.807, 2.05) is 41.9 Å². The van der Waals surface area contributed by atoms with Gasteiger partial charge in [-0.15, -0.1) is 0 Å². The molecule has 0 radical (unpaired) electrons. The standard InChI is InChI=1S/C23H25F2N5O/c1-17-21(18-5-3-2-4-6-18)30(14-13-29-11-8-23(24,25)9-12-29)28-22(17)27-20-15-26-10-7-19(20)16-31/h2-7,10,15-16H,8-9,11-14H2,1H3,(H,27,28). The van der Waals surface area contributed by atoms with Crippen LogP contribution >= 0.6 is 0 Å². The summed E-state index contributed by atoms with van der Waals surface area (Å²) in [7, 11) is 0. The largest absolute Gasteiger partial charge is 0.337 e. The van der Waals surface area contributed by atoms with Crippen LogP contribution in [0.5, 0.6) is 0 Å². The molecule has 1 N–H and O–H groups in total. The van der Waals surface area contributed by atoms with Gasteiger partial charge in [-0.25, -0.2) is 8.78 Å². The molecule has 4 rings (SSSR count). The first kappa shape index (κ1) is 21.1. The van der Waals surface area contributed by atoms with E-state index in [1.54, 1.807) is 18.5 Å². The van der Waals surface area contributed by atoms with Crippen LogP contribution in [0.15, 0.2) is 48.8 Å². The maximum absolute atomic E-state index is 13.5. The van der Waals surface area contributed by atoms with Gasteiger partial charge in [0.15, 0.2) is 12.1 Å². The predicted molar refractivity (Wildman–Crippen MR) is 116 cm³/mol. The third-order valence-corrected chi connectivity index (χ3v) is 5.69. The minimum atomic E-state index is -2.55. The number of aldehydes is 1. The first-order valence-electron chi connectivity index (χ1n) is 10.4. The number of anilines is 2. The van der Waals surface area contributed by atoms with E-state index in [1.165, 1.54) is 0 Å². The summed E-state index contributed by atoms with van der Waals surface area (Å²) in [5, 5.41) is 7.99. The first-order chi connectivity index (χ1) is 15.0. The number of carbonyl (C=O) groups is 1. The van der Waals surface area contributed by atoms with Crippen molar-refractivity contribution in [3.8, 4) is 11.3 Å². The smallest absolute Gasteiger partial charge is 0.250 e. The van der Waals surface area contributed by atoms with E-state index in [4.69, 9.17) is 5.10 Å². The van der Waals surface area contributed by atoms with Crippen LogP contribution in [0, 0.1) is 6.92 Å². The number of nitrogens with one attached hydrogen (secondary N) is 1. The van der Waals surface area contributed by atoms with Crippen molar-refractivity contribution in [2.45, 2.75) is 32.2 Å². The van der Waals surface area contributed by atoms with Crippen molar-refractivity contribution in [2.24, 2.45) is 0 Å². The van der Waals surface area contributed by atoms with Gasteiger partial charge < -0.3 is 10.2 Å². The fraction of sp³-hybridized carbons (Fsp3) is 0.348. The summed E-state index contributed by atoms with van der Waals surface area (Å²) >= 11 is 0. The molecule has 1 aliphatic heterocycles. The van der Waals surface area contributed by atoms with Crippen LogP contribution in [0.3, 0.4) is 0 Å². The van der Waals surface area contributed by atoms with Crippen LogP contribution in [0.1, 0.15) is 28.8 Å². The maximum Gasteiger partial charge on any atom is 0.250 e. The number of halogens is 2. The zero-order valence-electron chi connectivity index (χ0n) is 17.4. The van der Waals surface area contributed by atoms with E-state index >= 15 is 0 Å². The molecule has 3 aromatic rings. The number of piperidine rings is 1. The maximum atomic E-state index is 13.5. The molecule has 162 valence electrons. The molecule has 0 bridgehead atoms. The molecule has 0 amide bonds. The van der Waals surface area contributed by atoms with Crippen LogP contribution in [0.25, 0.3) is 11.3 Å². The summed E-state index contributed by atoms with van der Waals surface area (Å²) in [4.78, 5) is 17.5. The van der Waals surface area contributed by atoms with Crippen molar-refractivity contribution in [2.75, 3.05) is 25.0 Å². The van der Waals surface area contributed by atoms with Gasteiger partial charge in [-0.2, -0.15) is 5.10 Å². The van der Waals surface area contributed by atoms with Crippen LogP contribution in [0.4, 0.5) is 20.3 Å². The molecule has 1 saturated heterocycles. The molecule has 0 aliphatic carbocycles. The number of nitrogens with zero attached hydrogens (tertiary/aromatic N) is 4. The SMILES string of the molecule is Cc1c(Nc2cnccc2C=O)nn(CCN2CCC(F)(F)CC2)c1-c1ccccc1. The fourth-order valence-electron chi connectivity index (χ4n) is 3.87. The molecule has 0 atom stereocenters. The molecule has 1 aliphatic rings. The average Bonchev–Trinajstić information content (AvgIpc) is 3.09. The lowest BCUT2D eigenvalue weighted by Gasteiger charge is -2.31. The molecule has 8 heteroatoms. The normalized spacial score (nSPS) is 16.2. The molecule has 0 spiro atoms. The van der Waals surface area contributed by atoms with E-state index in [0.717, 1.165) is 23.1 Å². The van der Waals surface area contributed by atoms with Crippen molar-refractivity contribution in [3.63, 3.8) is 0 Å². The summed E-state index contributed by atoms with van der Waals surface area (Å²) in [6.45, 7) is 3.97. The zero-order chi connectivity index (χ0) is 21.8. The summed E-state index contributed by atoms with van der Waals surface area (Å²) in [5.41, 5.74) is 4.01. The Hall–Kier alpha value is -3.13. The minimum Gasteiger partial charge on any atom is -0.337 e. The second kappa shape index (κ2) is 8.93. The lowest BCUT2D eigenvalue weighted by atomic mass is 10.1. The van der Waals surface area contributed by atoms with Crippen molar-refractivity contribution >= 4 is 17.8 Å². The number of hydrogen-bond acceptors (Lipinski definition) is 5. The van der Waals surface area contributed by atoms with E-state index < -0.39 is 5.92 Å². The van der Waals surface area contributed by atoms with Gasteiger partial charge in [0, 0.05) is 55.4 Å². The Morgan fingerprint density at radius 2 is 1.87 bits per heavy atom. The Morgan fingerprint density at radius 1 is 1.13 bits per heavy atom. The van der Waals surface area contributed by atoms with Crippen molar-refractivity contribution in [1.82, 2.24) is 19.7 Å². The summed E-state index contributed by atoms with van der Waals surface area (Å²) in [5.74, 6) is -1.91. The van der Waals surface area contributed by atoms with Crippen molar-refractivity contribution in [1.29, 1.82) is 0 Å². The zero-order valence-corrected chi connectivity index (χ0v) is 17.4. The number of aromatic nitrogens is 3. The quantitative estimate of drug-likeness (QED) is 0.563. The number of benzene rings is 1.